The van der Waals surface area contributed by atoms with Crippen LogP contribution in [0.1, 0.15) is 24.5 Å². The lowest BCUT2D eigenvalue weighted by molar-refractivity contribution is -0.142. The molecule has 0 bridgehead atoms. The summed E-state index contributed by atoms with van der Waals surface area (Å²) >= 11 is 1.65. The molecule has 0 saturated heterocycles. The quantitative estimate of drug-likeness (QED) is 0.773. The molecule has 4 nitrogen and oxygen atoms in total. The molecule has 1 rings (SSSR count). The molecule has 0 aromatic carbocycles. The van der Waals surface area contributed by atoms with Gasteiger partial charge in [0.05, 0.1) is 17.8 Å². The van der Waals surface area contributed by atoms with Gasteiger partial charge in [0.2, 0.25) is 0 Å². The van der Waals surface area contributed by atoms with Crippen molar-refractivity contribution < 1.29 is 9.53 Å². The number of thiazole rings is 1. The average Bonchev–Trinajstić information content (AvgIpc) is 2.72. The van der Waals surface area contributed by atoms with E-state index in [1.807, 2.05) is 5.38 Å². The van der Waals surface area contributed by atoms with E-state index in [2.05, 4.69) is 22.0 Å². The van der Waals surface area contributed by atoms with E-state index in [1.54, 1.807) is 18.3 Å². The Morgan fingerprint density at radius 1 is 1.73 bits per heavy atom. The van der Waals surface area contributed by atoms with Gasteiger partial charge in [0.25, 0.3) is 0 Å². The maximum Gasteiger partial charge on any atom is 0.322 e. The van der Waals surface area contributed by atoms with Crippen molar-refractivity contribution in [3.8, 4) is 0 Å². The van der Waals surface area contributed by atoms with Crippen LogP contribution in [0, 0.1) is 0 Å². The first-order valence-corrected chi connectivity index (χ1v) is 5.79. The Bertz CT molecular complexity index is 325. The number of aryl methyl sites for hydroxylation is 1. The van der Waals surface area contributed by atoms with Crippen LogP contribution in [-0.4, -0.2) is 24.1 Å². The molecule has 0 radical (unpaired) electrons. The van der Waals surface area contributed by atoms with E-state index in [0.29, 0.717) is 6.54 Å². The molecule has 0 aliphatic heterocycles. The standard InChI is InChI=1S/C10H16N2O2S/c1-4-9-12-8(6-15-9)5-11-7(2)10(13)14-3/h6-7,11H,4-5H2,1-3H3. The van der Waals surface area contributed by atoms with Crippen molar-refractivity contribution in [2.75, 3.05) is 7.11 Å². The third-order valence-corrected chi connectivity index (χ3v) is 3.09. The number of methoxy groups -OCH3 is 1. The largest absolute Gasteiger partial charge is 0.468 e. The van der Waals surface area contributed by atoms with Crippen molar-refractivity contribution in [2.24, 2.45) is 0 Å². The summed E-state index contributed by atoms with van der Waals surface area (Å²) in [4.78, 5) is 15.5. The Morgan fingerprint density at radius 2 is 2.47 bits per heavy atom. The van der Waals surface area contributed by atoms with Gasteiger partial charge in [-0.05, 0) is 13.3 Å². The molecule has 1 N–H and O–H groups in total. The van der Waals surface area contributed by atoms with Crippen LogP contribution >= 0.6 is 11.3 Å². The monoisotopic (exact) mass is 228 g/mol. The zero-order valence-electron chi connectivity index (χ0n) is 9.24. The minimum absolute atomic E-state index is 0.249. The van der Waals surface area contributed by atoms with E-state index < -0.39 is 0 Å². The van der Waals surface area contributed by atoms with Crippen LogP contribution in [0.3, 0.4) is 0 Å². The molecule has 1 heterocycles. The van der Waals surface area contributed by atoms with Crippen molar-refractivity contribution in [2.45, 2.75) is 32.9 Å². The van der Waals surface area contributed by atoms with Gasteiger partial charge in [-0.1, -0.05) is 6.92 Å². The van der Waals surface area contributed by atoms with Crippen LogP contribution in [0.15, 0.2) is 5.38 Å². The van der Waals surface area contributed by atoms with E-state index in [-0.39, 0.29) is 12.0 Å². The van der Waals surface area contributed by atoms with Crippen molar-refractivity contribution in [1.29, 1.82) is 0 Å². The molecule has 0 aliphatic carbocycles. The lowest BCUT2D eigenvalue weighted by Crippen LogP contribution is -2.34. The molecule has 5 heteroatoms. The Balaban J connectivity index is 2.39. The molecule has 0 fully saturated rings. The number of hydrogen-bond acceptors (Lipinski definition) is 5. The molecular weight excluding hydrogens is 212 g/mol. The first-order chi connectivity index (χ1) is 7.17. The van der Waals surface area contributed by atoms with Gasteiger partial charge >= 0.3 is 5.97 Å². The summed E-state index contributed by atoms with van der Waals surface area (Å²) in [5.41, 5.74) is 0.979. The van der Waals surface area contributed by atoms with E-state index in [4.69, 9.17) is 0 Å². The molecule has 0 aliphatic rings. The van der Waals surface area contributed by atoms with Crippen LogP contribution in [0.25, 0.3) is 0 Å². The fourth-order valence-electron chi connectivity index (χ4n) is 1.11. The summed E-state index contributed by atoms with van der Waals surface area (Å²) in [6.45, 7) is 4.46. The third kappa shape index (κ3) is 3.60. The summed E-state index contributed by atoms with van der Waals surface area (Å²) < 4.78 is 4.61. The zero-order chi connectivity index (χ0) is 11.3. The van der Waals surface area contributed by atoms with Crippen molar-refractivity contribution in [3.63, 3.8) is 0 Å². The van der Waals surface area contributed by atoms with E-state index in [0.717, 1.165) is 17.1 Å². The highest BCUT2D eigenvalue weighted by Gasteiger charge is 2.12. The van der Waals surface area contributed by atoms with Gasteiger partial charge in [-0.2, -0.15) is 0 Å². The van der Waals surface area contributed by atoms with Gasteiger partial charge in [-0.3, -0.25) is 10.1 Å². The molecule has 1 atom stereocenters. The number of ether oxygens (including phenoxy) is 1. The summed E-state index contributed by atoms with van der Waals surface area (Å²) in [5, 5.41) is 6.19. The summed E-state index contributed by atoms with van der Waals surface area (Å²) in [6, 6.07) is -0.290. The third-order valence-electron chi connectivity index (χ3n) is 2.05. The van der Waals surface area contributed by atoms with Gasteiger partial charge in [-0.15, -0.1) is 11.3 Å². The number of esters is 1. The predicted molar refractivity (Wildman–Crippen MR) is 59.8 cm³/mol. The van der Waals surface area contributed by atoms with Crippen molar-refractivity contribution in [3.05, 3.63) is 16.1 Å². The summed E-state index contributed by atoms with van der Waals surface area (Å²) in [6.07, 6.45) is 0.956. The maximum atomic E-state index is 11.1. The topological polar surface area (TPSA) is 51.2 Å². The molecule has 0 saturated carbocycles. The summed E-state index contributed by atoms with van der Waals surface area (Å²) in [5.74, 6) is -0.249. The molecule has 1 unspecified atom stereocenters. The molecule has 0 amide bonds. The maximum absolute atomic E-state index is 11.1. The smallest absolute Gasteiger partial charge is 0.322 e. The first kappa shape index (κ1) is 12.1. The Kier molecular flexibility index (Phi) is 4.71. The van der Waals surface area contributed by atoms with Gasteiger partial charge in [0.15, 0.2) is 0 Å². The molecule has 15 heavy (non-hydrogen) atoms. The number of nitrogens with one attached hydrogen (secondary N) is 1. The fraction of sp³-hybridized carbons (Fsp3) is 0.600. The van der Waals surface area contributed by atoms with Crippen LogP contribution < -0.4 is 5.32 Å². The van der Waals surface area contributed by atoms with Crippen LogP contribution in [0.2, 0.25) is 0 Å². The van der Waals surface area contributed by atoms with Crippen LogP contribution in [-0.2, 0) is 22.5 Å². The zero-order valence-corrected chi connectivity index (χ0v) is 10.1. The van der Waals surface area contributed by atoms with Gasteiger partial charge in [-0.25, -0.2) is 4.98 Å². The van der Waals surface area contributed by atoms with Crippen LogP contribution in [0.4, 0.5) is 0 Å². The predicted octanol–water partition coefficient (Wildman–Crippen LogP) is 1.36. The average molecular weight is 228 g/mol. The number of rotatable bonds is 5. The van der Waals surface area contributed by atoms with Gasteiger partial charge in [0, 0.05) is 11.9 Å². The SMILES string of the molecule is CCc1nc(CNC(C)C(=O)OC)cs1. The second kappa shape index (κ2) is 5.82. The van der Waals surface area contributed by atoms with E-state index in [1.165, 1.54) is 7.11 Å². The number of hydrogen-bond donors (Lipinski definition) is 1. The minimum atomic E-state index is -0.290. The first-order valence-electron chi connectivity index (χ1n) is 4.91. The second-order valence-electron chi connectivity index (χ2n) is 3.21. The minimum Gasteiger partial charge on any atom is -0.468 e. The van der Waals surface area contributed by atoms with Crippen molar-refractivity contribution in [1.82, 2.24) is 10.3 Å². The molecule has 1 aromatic rings. The molecule has 84 valence electrons. The van der Waals surface area contributed by atoms with Crippen LogP contribution in [0.5, 0.6) is 0 Å². The molecule has 0 spiro atoms. The van der Waals surface area contributed by atoms with Crippen molar-refractivity contribution >= 4 is 17.3 Å². The number of nitrogens with zero attached hydrogens (tertiary/aromatic N) is 1. The van der Waals surface area contributed by atoms with Gasteiger partial charge < -0.3 is 4.74 Å². The highest BCUT2D eigenvalue weighted by molar-refractivity contribution is 7.09. The summed E-state index contributed by atoms with van der Waals surface area (Å²) in [7, 11) is 1.39. The molecule has 1 aromatic heterocycles. The number of carbonyl (C=O) groups is 1. The number of aromatic nitrogens is 1. The lowest BCUT2D eigenvalue weighted by atomic mass is 10.3. The second-order valence-corrected chi connectivity index (χ2v) is 4.15. The Morgan fingerprint density at radius 3 is 3.00 bits per heavy atom. The highest BCUT2D eigenvalue weighted by Crippen LogP contribution is 2.09. The lowest BCUT2D eigenvalue weighted by Gasteiger charge is -2.09. The Labute approximate surface area is 93.7 Å². The normalized spacial score (nSPS) is 12.5. The van der Waals surface area contributed by atoms with E-state index in [9.17, 15) is 4.79 Å². The molecular formula is C10H16N2O2S. The Hall–Kier alpha value is -0.940. The van der Waals surface area contributed by atoms with Gasteiger partial charge in [0.1, 0.15) is 6.04 Å². The highest BCUT2D eigenvalue weighted by atomic mass is 32.1. The fourth-order valence-corrected chi connectivity index (χ4v) is 1.86. The number of carbonyl (C=O) groups excluding carboxylic acids is 1. The van der Waals surface area contributed by atoms with E-state index >= 15 is 0 Å².